The molecule has 1 aromatic carbocycles. The molecule has 0 aliphatic rings. The molecule has 0 aliphatic carbocycles. The van der Waals surface area contributed by atoms with Crippen LogP contribution < -0.4 is 0 Å². The number of benzene rings is 1. The monoisotopic (exact) mass is 242 g/mol. The lowest BCUT2D eigenvalue weighted by Crippen LogP contribution is -1.83. The predicted molar refractivity (Wildman–Crippen MR) is 73.5 cm³/mol. The van der Waals surface area contributed by atoms with Crippen LogP contribution in [0.25, 0.3) is 21.8 Å². The maximum Gasteiger partial charge on any atom is 0.135 e. The molecule has 0 spiro atoms. The van der Waals surface area contributed by atoms with Gasteiger partial charge in [0.1, 0.15) is 6.03 Å². The first-order valence-corrected chi connectivity index (χ1v) is 5.77. The van der Waals surface area contributed by atoms with E-state index in [-0.39, 0.29) is 0 Å². The van der Waals surface area contributed by atoms with Gasteiger partial charge in [-0.25, -0.2) is 0 Å². The molecule has 0 amide bonds. The van der Waals surface area contributed by atoms with E-state index in [1.165, 1.54) is 0 Å². The molecule has 0 radical (unpaired) electrons. The Hall–Kier alpha value is -1.86. The fourth-order valence-corrected chi connectivity index (χ4v) is 1.68. The molecule has 3 nitrogen and oxygen atoms in total. The van der Waals surface area contributed by atoms with Gasteiger partial charge < -0.3 is 0 Å². The maximum absolute atomic E-state index is 8.77. The van der Waals surface area contributed by atoms with Crippen LogP contribution in [-0.4, -0.2) is 16.0 Å². The van der Waals surface area contributed by atoms with Crippen molar-refractivity contribution in [3.05, 3.63) is 48.8 Å². The summed E-state index contributed by atoms with van der Waals surface area (Å²) < 4.78 is 0. The smallest absolute Gasteiger partial charge is 0.135 e. The highest BCUT2D eigenvalue weighted by Crippen LogP contribution is 2.20. The van der Waals surface area contributed by atoms with Crippen molar-refractivity contribution < 1.29 is 4.79 Å². The average molecular weight is 242 g/mol. The summed E-state index contributed by atoms with van der Waals surface area (Å²) in [4.78, 5) is 17.5. The minimum atomic E-state index is 0.667. The number of nitrogens with zero attached hydrogens (tertiary/aromatic N) is 2. The molecule has 0 fully saturated rings. The first kappa shape index (κ1) is 11.6. The summed E-state index contributed by atoms with van der Waals surface area (Å²) in [5, 5.41) is 2.28. The molecule has 2 heterocycles. The van der Waals surface area contributed by atoms with Gasteiger partial charge in [-0.05, 0) is 12.1 Å². The lowest BCUT2D eigenvalue weighted by Gasteiger charge is -2.00. The van der Waals surface area contributed by atoms with E-state index < -0.39 is 0 Å². The Bertz CT molecular complexity index is 600. The molecule has 1 atom stereocenters. The van der Waals surface area contributed by atoms with Gasteiger partial charge in [-0.1, -0.05) is 33.5 Å². The lowest BCUT2D eigenvalue weighted by molar-refractivity contribution is 0.570. The normalized spacial score (nSPS) is 9.71. The maximum atomic E-state index is 8.77. The van der Waals surface area contributed by atoms with Crippen molar-refractivity contribution in [1.82, 2.24) is 9.97 Å². The van der Waals surface area contributed by atoms with E-state index in [4.69, 9.17) is 4.79 Å². The van der Waals surface area contributed by atoms with Gasteiger partial charge in [0.25, 0.3) is 0 Å². The summed E-state index contributed by atoms with van der Waals surface area (Å²) in [6, 6.07) is 12.8. The summed E-state index contributed by atoms with van der Waals surface area (Å²) in [6.07, 6.45) is 3.60. The first-order valence-electron chi connectivity index (χ1n) is 5.10. The van der Waals surface area contributed by atoms with Gasteiger partial charge in [0, 0.05) is 23.2 Å². The van der Waals surface area contributed by atoms with Crippen LogP contribution >= 0.6 is 9.24 Å². The zero-order chi connectivity index (χ0) is 12.1. The Balaban J connectivity index is 0.000000329. The number of aromatic nitrogens is 2. The number of rotatable bonds is 0. The first-order chi connectivity index (χ1) is 8.36. The molecule has 0 N–H and O–H groups in total. The van der Waals surface area contributed by atoms with Crippen molar-refractivity contribution in [3.8, 4) is 0 Å². The largest absolute Gasteiger partial charge is 0.299 e. The molecule has 3 aromatic rings. The minimum Gasteiger partial charge on any atom is -0.299 e. The van der Waals surface area contributed by atoms with Crippen molar-refractivity contribution in [2.75, 3.05) is 0 Å². The summed E-state index contributed by atoms with van der Waals surface area (Å²) in [7, 11) is 1.90. The average Bonchev–Trinajstić information content (AvgIpc) is 2.40. The molecule has 84 valence electrons. The van der Waals surface area contributed by atoms with E-state index in [1.54, 1.807) is 12.4 Å². The third-order valence-corrected chi connectivity index (χ3v) is 2.34. The Kier molecular flexibility index (Phi) is 3.73. The van der Waals surface area contributed by atoms with Gasteiger partial charge in [0.2, 0.25) is 0 Å². The highest BCUT2D eigenvalue weighted by Gasteiger charge is 2.00. The van der Waals surface area contributed by atoms with Crippen molar-refractivity contribution >= 4 is 37.1 Å². The quantitative estimate of drug-likeness (QED) is 0.346. The van der Waals surface area contributed by atoms with E-state index in [9.17, 15) is 0 Å². The van der Waals surface area contributed by atoms with Crippen LogP contribution in [0.2, 0.25) is 0 Å². The number of carbonyl (C=O) groups is 1. The van der Waals surface area contributed by atoms with Crippen molar-refractivity contribution in [2.45, 2.75) is 0 Å². The number of carbonyl (C=O) groups excluding carboxylic acids is 1. The number of hydrogen-bond acceptors (Lipinski definition) is 3. The van der Waals surface area contributed by atoms with Crippen LogP contribution in [0.4, 0.5) is 0 Å². The van der Waals surface area contributed by atoms with E-state index in [0.717, 1.165) is 21.8 Å². The third kappa shape index (κ3) is 2.45. The van der Waals surface area contributed by atoms with Gasteiger partial charge in [-0.2, -0.15) is 0 Å². The second-order valence-electron chi connectivity index (χ2n) is 3.35. The Morgan fingerprint density at radius 2 is 1.29 bits per heavy atom. The molecule has 3 rings (SSSR count). The summed E-state index contributed by atoms with van der Waals surface area (Å²) in [6.45, 7) is 0. The molecule has 0 aliphatic heterocycles. The molecule has 0 saturated heterocycles. The number of hydrogen-bond donors (Lipinski definition) is 0. The number of fused-ring (bicyclic) bond motifs is 3. The van der Waals surface area contributed by atoms with E-state index in [0.29, 0.717) is 6.03 Å². The Morgan fingerprint density at radius 1 is 0.882 bits per heavy atom. The zero-order valence-electron chi connectivity index (χ0n) is 9.08. The molecule has 2 aromatic heterocycles. The fraction of sp³-hybridized carbons (Fsp3) is 0. The summed E-state index contributed by atoms with van der Waals surface area (Å²) in [5.41, 5.74) is 1.95. The predicted octanol–water partition coefficient (Wildman–Crippen LogP) is 2.83. The molecule has 0 saturated carbocycles. The molecular weight excluding hydrogens is 231 g/mol. The number of pyridine rings is 2. The molecule has 4 heteroatoms. The lowest BCUT2D eigenvalue weighted by atomic mass is 10.1. The second-order valence-corrected chi connectivity index (χ2v) is 3.62. The van der Waals surface area contributed by atoms with Gasteiger partial charge in [0.15, 0.2) is 0 Å². The fourth-order valence-electron chi connectivity index (χ4n) is 1.68. The molecular formula is C13H11N2OP. The van der Waals surface area contributed by atoms with Crippen LogP contribution in [-0.2, 0) is 4.79 Å². The van der Waals surface area contributed by atoms with Crippen molar-refractivity contribution in [2.24, 2.45) is 0 Å². The van der Waals surface area contributed by atoms with Gasteiger partial charge in [0.05, 0.1) is 11.0 Å². The summed E-state index contributed by atoms with van der Waals surface area (Å²) in [5.74, 6) is 0. The van der Waals surface area contributed by atoms with Gasteiger partial charge in [-0.15, -0.1) is 0 Å². The van der Waals surface area contributed by atoms with Crippen LogP contribution in [0.1, 0.15) is 0 Å². The van der Waals surface area contributed by atoms with E-state index >= 15 is 0 Å². The topological polar surface area (TPSA) is 42.9 Å². The highest BCUT2D eigenvalue weighted by atomic mass is 31.0. The standard InChI is InChI=1S/C12H8N2.CH3OP/c1-3-9-5-6-10-4-2-8-14-12(10)11(9)13-7-1;2-1-3/h1-8H;1H,3H2. The SMILES string of the molecule is O=CP.c1cnc2c(c1)ccc1cccnc12. The van der Waals surface area contributed by atoms with Gasteiger partial charge in [-0.3, -0.25) is 14.8 Å². The van der Waals surface area contributed by atoms with Crippen LogP contribution in [0.15, 0.2) is 48.8 Å². The van der Waals surface area contributed by atoms with Crippen LogP contribution in [0.3, 0.4) is 0 Å². The van der Waals surface area contributed by atoms with Crippen molar-refractivity contribution in [1.29, 1.82) is 0 Å². The minimum absolute atomic E-state index is 0.667. The third-order valence-electron chi connectivity index (χ3n) is 2.34. The van der Waals surface area contributed by atoms with Crippen LogP contribution in [0.5, 0.6) is 0 Å². The Morgan fingerprint density at radius 3 is 1.71 bits per heavy atom. The highest BCUT2D eigenvalue weighted by molar-refractivity contribution is 7.36. The van der Waals surface area contributed by atoms with E-state index in [1.807, 2.05) is 21.4 Å². The second kappa shape index (κ2) is 5.46. The molecule has 0 bridgehead atoms. The summed E-state index contributed by atoms with van der Waals surface area (Å²) >= 11 is 0. The zero-order valence-corrected chi connectivity index (χ0v) is 10.2. The van der Waals surface area contributed by atoms with E-state index in [2.05, 4.69) is 34.2 Å². The molecule has 1 unspecified atom stereocenters. The molecule has 17 heavy (non-hydrogen) atoms. The van der Waals surface area contributed by atoms with Crippen LogP contribution in [0, 0.1) is 0 Å². The Labute approximate surface area is 101 Å². The van der Waals surface area contributed by atoms with Gasteiger partial charge >= 0.3 is 0 Å². The van der Waals surface area contributed by atoms with Crippen molar-refractivity contribution in [3.63, 3.8) is 0 Å².